The van der Waals surface area contributed by atoms with Crippen molar-refractivity contribution in [2.24, 2.45) is 0 Å². The van der Waals surface area contributed by atoms with Crippen LogP contribution < -0.4 is 0 Å². The minimum atomic E-state index is 1.12. The van der Waals surface area contributed by atoms with Crippen molar-refractivity contribution in [1.29, 1.82) is 0 Å². The number of para-hydroxylation sites is 3. The lowest BCUT2D eigenvalue weighted by Gasteiger charge is -2.17. The van der Waals surface area contributed by atoms with Gasteiger partial charge in [-0.2, -0.15) is 0 Å². The molecule has 0 saturated heterocycles. The molecule has 11 rings (SSSR count). The molecule has 3 heteroatoms. The van der Waals surface area contributed by atoms with Gasteiger partial charge in [0.05, 0.1) is 27.6 Å². The highest BCUT2D eigenvalue weighted by atomic mass is 15.0. The molecule has 0 saturated carbocycles. The lowest BCUT2D eigenvalue weighted by molar-refractivity contribution is 1.11. The van der Waals surface area contributed by atoms with Crippen molar-refractivity contribution >= 4 is 54.5 Å². The van der Waals surface area contributed by atoms with Gasteiger partial charge in [0.1, 0.15) is 0 Å². The maximum Gasteiger partial charge on any atom is 0.0788 e. The molecule has 0 bridgehead atoms. The van der Waals surface area contributed by atoms with Crippen LogP contribution in [0.3, 0.4) is 0 Å². The van der Waals surface area contributed by atoms with Gasteiger partial charge in [0, 0.05) is 50.2 Å². The monoisotopic (exact) mass is 675 g/mol. The van der Waals surface area contributed by atoms with Crippen LogP contribution in [0.2, 0.25) is 0 Å². The van der Waals surface area contributed by atoms with Crippen molar-refractivity contribution < 1.29 is 0 Å². The van der Waals surface area contributed by atoms with E-state index in [0.29, 0.717) is 0 Å². The Morgan fingerprint density at radius 3 is 1.57 bits per heavy atom. The molecule has 0 aliphatic carbocycles. The predicted octanol–water partition coefficient (Wildman–Crippen LogP) is 13.2. The average molecular weight is 676 g/mol. The van der Waals surface area contributed by atoms with Gasteiger partial charge >= 0.3 is 0 Å². The van der Waals surface area contributed by atoms with E-state index in [9.17, 15) is 0 Å². The van der Waals surface area contributed by atoms with Crippen LogP contribution in [-0.2, 0) is 0 Å². The number of benzene rings is 8. The van der Waals surface area contributed by atoms with E-state index < -0.39 is 0 Å². The average Bonchev–Trinajstić information content (AvgIpc) is 3.92. The van der Waals surface area contributed by atoms with Gasteiger partial charge < -0.3 is 13.7 Å². The topological polar surface area (TPSA) is 14.8 Å². The van der Waals surface area contributed by atoms with E-state index in [-0.39, 0.29) is 0 Å². The lowest BCUT2D eigenvalue weighted by Crippen LogP contribution is -2.01. The highest BCUT2D eigenvalue weighted by Crippen LogP contribution is 2.41. The fourth-order valence-corrected chi connectivity index (χ4v) is 8.46. The zero-order chi connectivity index (χ0) is 34.9. The minimum absolute atomic E-state index is 1.12. The van der Waals surface area contributed by atoms with E-state index in [2.05, 4.69) is 214 Å². The second kappa shape index (κ2) is 11.7. The Hall–Kier alpha value is -7.10. The van der Waals surface area contributed by atoms with Crippen molar-refractivity contribution in [3.05, 3.63) is 200 Å². The number of rotatable bonds is 5. The SMILES string of the molecule is c1ccc(-c2cc(-n3c4ccccc4c4cc(-c5ccccc5)ccc43)cc(-n3c4ccccc4c4ccc5ccn(-c6ccccc6)c5c43)c2)cc1. The van der Waals surface area contributed by atoms with Crippen molar-refractivity contribution in [2.45, 2.75) is 0 Å². The fraction of sp³-hybridized carbons (Fsp3) is 0. The van der Waals surface area contributed by atoms with Gasteiger partial charge in [0.2, 0.25) is 0 Å². The smallest absolute Gasteiger partial charge is 0.0788 e. The van der Waals surface area contributed by atoms with Crippen molar-refractivity contribution in [3.8, 4) is 39.3 Å². The zero-order valence-electron chi connectivity index (χ0n) is 28.9. The number of nitrogens with zero attached hydrogens (tertiary/aromatic N) is 3. The number of fused-ring (bicyclic) bond motifs is 8. The molecular weight excluding hydrogens is 643 g/mol. The predicted molar refractivity (Wildman–Crippen MR) is 223 cm³/mol. The molecule has 0 fully saturated rings. The normalized spacial score (nSPS) is 11.8. The van der Waals surface area contributed by atoms with Gasteiger partial charge in [-0.3, -0.25) is 0 Å². The van der Waals surface area contributed by atoms with E-state index in [1.165, 1.54) is 76.8 Å². The second-order valence-electron chi connectivity index (χ2n) is 13.8. The highest BCUT2D eigenvalue weighted by molar-refractivity contribution is 6.18. The van der Waals surface area contributed by atoms with Crippen LogP contribution in [0.4, 0.5) is 0 Å². The standard InChI is InChI=1S/C50H33N3/c1-4-14-34(15-5-1)37-25-27-48-45(32-37)43-21-11-12-22-46(43)52(48)40-30-38(35-16-6-2-7-17-35)31-41(33-40)53-47-23-13-10-20-42(47)44-26-24-36-28-29-51(49(36)50(44)53)39-18-8-3-9-19-39/h1-33H. The third kappa shape index (κ3) is 4.61. The fourth-order valence-electron chi connectivity index (χ4n) is 8.46. The summed E-state index contributed by atoms with van der Waals surface area (Å²) in [6.45, 7) is 0. The first-order chi connectivity index (χ1) is 26.3. The van der Waals surface area contributed by atoms with Crippen molar-refractivity contribution in [1.82, 2.24) is 13.7 Å². The first-order valence-electron chi connectivity index (χ1n) is 18.2. The molecule has 0 aliphatic heterocycles. The highest BCUT2D eigenvalue weighted by Gasteiger charge is 2.20. The molecule has 0 atom stereocenters. The summed E-state index contributed by atoms with van der Waals surface area (Å²) < 4.78 is 7.28. The molecule has 0 aliphatic rings. The molecule has 11 aromatic rings. The molecule has 248 valence electrons. The van der Waals surface area contributed by atoms with Crippen LogP contribution in [0.5, 0.6) is 0 Å². The quantitative estimate of drug-likeness (QED) is 0.172. The zero-order valence-corrected chi connectivity index (χ0v) is 28.9. The maximum atomic E-state index is 2.49. The van der Waals surface area contributed by atoms with Gasteiger partial charge in [0.25, 0.3) is 0 Å². The Kier molecular flexibility index (Phi) is 6.55. The van der Waals surface area contributed by atoms with E-state index in [4.69, 9.17) is 0 Å². The molecule has 53 heavy (non-hydrogen) atoms. The van der Waals surface area contributed by atoms with Crippen LogP contribution in [-0.4, -0.2) is 13.7 Å². The van der Waals surface area contributed by atoms with Gasteiger partial charge in [-0.1, -0.05) is 133 Å². The third-order valence-electron chi connectivity index (χ3n) is 10.8. The van der Waals surface area contributed by atoms with E-state index >= 15 is 0 Å². The van der Waals surface area contributed by atoms with E-state index in [1.54, 1.807) is 0 Å². The Morgan fingerprint density at radius 2 is 0.849 bits per heavy atom. The van der Waals surface area contributed by atoms with Gasteiger partial charge in [-0.05, 0) is 82.9 Å². The summed E-state index contributed by atoms with van der Waals surface area (Å²) in [6, 6.07) is 70.6. The largest absolute Gasteiger partial charge is 0.315 e. The van der Waals surface area contributed by atoms with Crippen molar-refractivity contribution in [3.63, 3.8) is 0 Å². The Labute approximate surface area is 306 Å². The summed E-state index contributed by atoms with van der Waals surface area (Å²) in [6.07, 6.45) is 2.20. The summed E-state index contributed by atoms with van der Waals surface area (Å²) in [5, 5.41) is 6.17. The first kappa shape index (κ1) is 29.6. The first-order valence-corrected chi connectivity index (χ1v) is 18.2. The van der Waals surface area contributed by atoms with E-state index in [0.717, 1.165) is 17.1 Å². The summed E-state index contributed by atoms with van der Waals surface area (Å²) in [7, 11) is 0. The molecule has 3 heterocycles. The molecule has 3 aromatic heterocycles. The van der Waals surface area contributed by atoms with Gasteiger partial charge in [0.15, 0.2) is 0 Å². The maximum absolute atomic E-state index is 2.49. The van der Waals surface area contributed by atoms with Crippen LogP contribution in [0.25, 0.3) is 93.8 Å². The molecule has 0 unspecified atom stereocenters. The Balaban J connectivity index is 1.25. The van der Waals surface area contributed by atoms with E-state index in [1.807, 2.05) is 0 Å². The molecule has 0 amide bonds. The Morgan fingerprint density at radius 1 is 0.283 bits per heavy atom. The summed E-state index contributed by atoms with van der Waals surface area (Å²) in [5.74, 6) is 0. The number of hydrogen-bond acceptors (Lipinski definition) is 0. The van der Waals surface area contributed by atoms with Crippen LogP contribution in [0.15, 0.2) is 200 Å². The van der Waals surface area contributed by atoms with Crippen LogP contribution >= 0.6 is 0 Å². The molecule has 8 aromatic carbocycles. The second-order valence-corrected chi connectivity index (χ2v) is 13.8. The summed E-state index contributed by atoms with van der Waals surface area (Å²) in [4.78, 5) is 0. The summed E-state index contributed by atoms with van der Waals surface area (Å²) in [5.41, 5.74) is 14.1. The van der Waals surface area contributed by atoms with Gasteiger partial charge in [-0.25, -0.2) is 0 Å². The molecule has 0 N–H and O–H groups in total. The molecular formula is C50H33N3. The van der Waals surface area contributed by atoms with Gasteiger partial charge in [-0.15, -0.1) is 0 Å². The molecule has 0 radical (unpaired) electrons. The van der Waals surface area contributed by atoms with Crippen LogP contribution in [0, 0.1) is 0 Å². The summed E-state index contributed by atoms with van der Waals surface area (Å²) >= 11 is 0. The Bertz CT molecular complexity index is 3150. The number of aromatic nitrogens is 3. The third-order valence-corrected chi connectivity index (χ3v) is 10.8. The molecule has 3 nitrogen and oxygen atoms in total. The lowest BCUT2D eigenvalue weighted by atomic mass is 10.0. The number of hydrogen-bond donors (Lipinski definition) is 0. The molecule has 0 spiro atoms. The van der Waals surface area contributed by atoms with Crippen LogP contribution in [0.1, 0.15) is 0 Å². The minimum Gasteiger partial charge on any atom is -0.315 e. The van der Waals surface area contributed by atoms with Crippen molar-refractivity contribution in [2.75, 3.05) is 0 Å².